The molecule has 0 aliphatic rings. The monoisotopic (exact) mass is 304 g/mol. The first-order valence-corrected chi connectivity index (χ1v) is 8.32. The number of aliphatic imine (C=N–C) groups is 1. The Morgan fingerprint density at radius 3 is 2.45 bits per heavy atom. The first-order valence-electron chi connectivity index (χ1n) is 8.32. The van der Waals surface area contributed by atoms with E-state index in [-0.39, 0.29) is 0 Å². The number of nitrogens with one attached hydrogen (secondary N) is 2. The van der Waals surface area contributed by atoms with Gasteiger partial charge in [-0.3, -0.25) is 9.89 Å². The van der Waals surface area contributed by atoms with Crippen LogP contribution in [0.1, 0.15) is 39.7 Å². The molecule has 2 N–H and O–H groups in total. The molecule has 22 heavy (non-hydrogen) atoms. The molecule has 0 saturated carbocycles. The van der Waals surface area contributed by atoms with Crippen LogP contribution in [0.25, 0.3) is 0 Å². The minimum absolute atomic E-state index is 0.399. The molecule has 1 atom stereocenters. The molecule has 0 aliphatic carbocycles. The van der Waals surface area contributed by atoms with Gasteiger partial charge in [0.05, 0.1) is 0 Å². The third-order valence-electron chi connectivity index (χ3n) is 3.61. The smallest absolute Gasteiger partial charge is 0.191 e. The Morgan fingerprint density at radius 1 is 1.18 bits per heavy atom. The maximum Gasteiger partial charge on any atom is 0.191 e. The molecular formula is C18H32N4. The van der Waals surface area contributed by atoms with Crippen LogP contribution in [0.2, 0.25) is 0 Å². The van der Waals surface area contributed by atoms with Crippen LogP contribution in [0.5, 0.6) is 0 Å². The van der Waals surface area contributed by atoms with E-state index in [1.54, 1.807) is 0 Å². The van der Waals surface area contributed by atoms with Crippen molar-refractivity contribution >= 4 is 5.96 Å². The molecular weight excluding hydrogens is 272 g/mol. The van der Waals surface area contributed by atoms with Gasteiger partial charge in [0, 0.05) is 31.7 Å². The molecule has 0 spiro atoms. The fourth-order valence-electron chi connectivity index (χ4n) is 2.20. The van der Waals surface area contributed by atoms with Crippen molar-refractivity contribution < 1.29 is 0 Å². The summed E-state index contributed by atoms with van der Waals surface area (Å²) in [6, 6.07) is 11.5. The largest absolute Gasteiger partial charge is 0.357 e. The van der Waals surface area contributed by atoms with Crippen LogP contribution >= 0.6 is 0 Å². The van der Waals surface area contributed by atoms with Crippen molar-refractivity contribution in [2.75, 3.05) is 20.1 Å². The molecule has 1 rings (SSSR count). The first kappa shape index (κ1) is 18.5. The van der Waals surface area contributed by atoms with E-state index in [1.807, 2.05) is 0 Å². The predicted octanol–water partition coefficient (Wildman–Crippen LogP) is 2.86. The summed E-state index contributed by atoms with van der Waals surface area (Å²) in [6.45, 7) is 11.3. The number of nitrogens with zero attached hydrogens (tertiary/aromatic N) is 2. The third kappa shape index (κ3) is 7.46. The number of hydrogen-bond acceptors (Lipinski definition) is 2. The zero-order valence-electron chi connectivity index (χ0n) is 14.8. The highest BCUT2D eigenvalue weighted by Gasteiger charge is 2.09. The van der Waals surface area contributed by atoms with Gasteiger partial charge in [-0.05, 0) is 46.7 Å². The van der Waals surface area contributed by atoms with Crippen LogP contribution in [-0.4, -0.2) is 43.1 Å². The molecule has 0 saturated heterocycles. The van der Waals surface area contributed by atoms with E-state index in [2.05, 4.69) is 85.6 Å². The molecule has 4 heteroatoms. The van der Waals surface area contributed by atoms with Gasteiger partial charge < -0.3 is 10.6 Å². The summed E-state index contributed by atoms with van der Waals surface area (Å²) in [7, 11) is 2.18. The Kier molecular flexibility index (Phi) is 8.60. The Hall–Kier alpha value is -1.55. The SMILES string of the molecule is CCNC(=NCCC(C)N(C)Cc1ccccc1)NC(C)C. The Morgan fingerprint density at radius 2 is 1.86 bits per heavy atom. The van der Waals surface area contributed by atoms with Crippen LogP contribution in [0, 0.1) is 0 Å². The topological polar surface area (TPSA) is 39.7 Å². The summed E-state index contributed by atoms with van der Waals surface area (Å²) in [5.41, 5.74) is 1.36. The standard InChI is InChI=1S/C18H32N4/c1-6-19-18(21-15(2)3)20-13-12-16(4)22(5)14-17-10-8-7-9-11-17/h7-11,15-16H,6,12-14H2,1-5H3,(H2,19,20,21). The Bertz CT molecular complexity index is 428. The molecule has 0 heterocycles. The van der Waals surface area contributed by atoms with Crippen molar-refractivity contribution in [2.45, 2.75) is 52.7 Å². The van der Waals surface area contributed by atoms with Crippen LogP contribution in [0.15, 0.2) is 35.3 Å². The van der Waals surface area contributed by atoms with E-state index >= 15 is 0 Å². The van der Waals surface area contributed by atoms with Crippen molar-refractivity contribution in [3.05, 3.63) is 35.9 Å². The lowest BCUT2D eigenvalue weighted by Gasteiger charge is -2.24. The lowest BCUT2D eigenvalue weighted by molar-refractivity contribution is 0.240. The molecule has 0 bridgehead atoms. The Labute approximate surface area is 136 Å². The van der Waals surface area contributed by atoms with Crippen molar-refractivity contribution in [3.63, 3.8) is 0 Å². The van der Waals surface area contributed by atoms with E-state index in [1.165, 1.54) is 5.56 Å². The van der Waals surface area contributed by atoms with Crippen LogP contribution in [0.4, 0.5) is 0 Å². The lowest BCUT2D eigenvalue weighted by atomic mass is 10.1. The minimum atomic E-state index is 0.399. The molecule has 1 aromatic carbocycles. The molecule has 0 fully saturated rings. The van der Waals surface area contributed by atoms with Crippen LogP contribution in [0.3, 0.4) is 0 Å². The van der Waals surface area contributed by atoms with E-state index < -0.39 is 0 Å². The molecule has 4 nitrogen and oxygen atoms in total. The summed E-state index contributed by atoms with van der Waals surface area (Å²) < 4.78 is 0. The third-order valence-corrected chi connectivity index (χ3v) is 3.61. The average Bonchev–Trinajstić information content (AvgIpc) is 2.47. The number of benzene rings is 1. The molecule has 124 valence electrons. The zero-order chi connectivity index (χ0) is 16.4. The van der Waals surface area contributed by atoms with Gasteiger partial charge in [-0.1, -0.05) is 30.3 Å². The zero-order valence-corrected chi connectivity index (χ0v) is 14.8. The fourth-order valence-corrected chi connectivity index (χ4v) is 2.20. The molecule has 0 radical (unpaired) electrons. The van der Waals surface area contributed by atoms with Crippen LogP contribution in [-0.2, 0) is 6.54 Å². The van der Waals surface area contributed by atoms with Crippen molar-refractivity contribution in [2.24, 2.45) is 4.99 Å². The second-order valence-electron chi connectivity index (χ2n) is 6.10. The molecule has 1 aromatic rings. The summed E-state index contributed by atoms with van der Waals surface area (Å²) in [4.78, 5) is 7.03. The summed E-state index contributed by atoms with van der Waals surface area (Å²) in [6.07, 6.45) is 1.05. The van der Waals surface area contributed by atoms with Crippen LogP contribution < -0.4 is 10.6 Å². The maximum atomic E-state index is 4.65. The second-order valence-corrected chi connectivity index (χ2v) is 6.10. The van der Waals surface area contributed by atoms with Gasteiger partial charge in [-0.25, -0.2) is 0 Å². The van der Waals surface area contributed by atoms with Gasteiger partial charge in [-0.15, -0.1) is 0 Å². The second kappa shape index (κ2) is 10.2. The predicted molar refractivity (Wildman–Crippen MR) is 96.2 cm³/mol. The van der Waals surface area contributed by atoms with Gasteiger partial charge in [0.25, 0.3) is 0 Å². The molecule has 0 amide bonds. The maximum absolute atomic E-state index is 4.65. The molecule has 1 unspecified atom stereocenters. The average molecular weight is 304 g/mol. The Balaban J connectivity index is 2.41. The van der Waals surface area contributed by atoms with Crippen molar-refractivity contribution in [3.8, 4) is 0 Å². The van der Waals surface area contributed by atoms with Crippen molar-refractivity contribution in [1.82, 2.24) is 15.5 Å². The normalized spacial score (nSPS) is 13.5. The van der Waals surface area contributed by atoms with Gasteiger partial charge in [-0.2, -0.15) is 0 Å². The van der Waals surface area contributed by atoms with Gasteiger partial charge in [0.2, 0.25) is 0 Å². The number of hydrogen-bond donors (Lipinski definition) is 2. The molecule has 0 aromatic heterocycles. The minimum Gasteiger partial charge on any atom is -0.357 e. The van der Waals surface area contributed by atoms with E-state index in [4.69, 9.17) is 0 Å². The summed E-state index contributed by atoms with van der Waals surface area (Å²) in [5, 5.41) is 6.63. The van der Waals surface area contributed by atoms with Gasteiger partial charge in [0.1, 0.15) is 0 Å². The first-order chi connectivity index (χ1) is 10.5. The highest BCUT2D eigenvalue weighted by Crippen LogP contribution is 2.08. The van der Waals surface area contributed by atoms with Gasteiger partial charge in [0.15, 0.2) is 5.96 Å². The van der Waals surface area contributed by atoms with E-state index in [9.17, 15) is 0 Å². The lowest BCUT2D eigenvalue weighted by Crippen LogP contribution is -2.41. The van der Waals surface area contributed by atoms with E-state index in [0.717, 1.165) is 32.0 Å². The quantitative estimate of drug-likeness (QED) is 0.573. The summed E-state index contributed by atoms with van der Waals surface area (Å²) >= 11 is 0. The van der Waals surface area contributed by atoms with Crippen molar-refractivity contribution in [1.29, 1.82) is 0 Å². The number of rotatable bonds is 8. The fraction of sp³-hybridized carbons (Fsp3) is 0.611. The number of guanidine groups is 1. The van der Waals surface area contributed by atoms with Gasteiger partial charge >= 0.3 is 0 Å². The van der Waals surface area contributed by atoms with E-state index in [0.29, 0.717) is 12.1 Å². The molecule has 0 aliphatic heterocycles. The summed E-state index contributed by atoms with van der Waals surface area (Å²) in [5.74, 6) is 0.912. The highest BCUT2D eigenvalue weighted by molar-refractivity contribution is 5.79. The highest BCUT2D eigenvalue weighted by atomic mass is 15.2.